The fraction of sp³-hybridized carbons (Fsp3) is 0.222. The van der Waals surface area contributed by atoms with E-state index in [-0.39, 0.29) is 5.91 Å². The van der Waals surface area contributed by atoms with Gasteiger partial charge in [-0.05, 0) is 18.6 Å². The summed E-state index contributed by atoms with van der Waals surface area (Å²) in [4.78, 5) is 16.2. The molecule has 0 saturated carbocycles. The predicted octanol–water partition coefficient (Wildman–Crippen LogP) is 1.70. The summed E-state index contributed by atoms with van der Waals surface area (Å²) in [5.41, 5.74) is 2.77. The largest absolute Gasteiger partial charge is 0.347 e. The SMILES string of the molecule is Cc1cnc(Cn2cc(CNC(=O)C=Cc3ccccc3)nn2)n1C. The van der Waals surface area contributed by atoms with E-state index in [0.717, 1.165) is 17.1 Å². The fourth-order valence-corrected chi connectivity index (χ4v) is 2.31. The molecule has 3 aromatic rings. The van der Waals surface area contributed by atoms with Gasteiger partial charge < -0.3 is 9.88 Å². The zero-order chi connectivity index (χ0) is 17.6. The van der Waals surface area contributed by atoms with Crippen LogP contribution < -0.4 is 5.32 Å². The molecular formula is C18H20N6O. The van der Waals surface area contributed by atoms with Crippen molar-refractivity contribution in [3.05, 3.63) is 71.6 Å². The van der Waals surface area contributed by atoms with Crippen LogP contribution in [0.3, 0.4) is 0 Å². The van der Waals surface area contributed by atoms with E-state index in [4.69, 9.17) is 0 Å². The highest BCUT2D eigenvalue weighted by Crippen LogP contribution is 2.04. The average molecular weight is 336 g/mol. The van der Waals surface area contributed by atoms with Gasteiger partial charge in [-0.1, -0.05) is 35.5 Å². The predicted molar refractivity (Wildman–Crippen MR) is 94.4 cm³/mol. The molecule has 128 valence electrons. The second-order valence-corrected chi connectivity index (χ2v) is 5.74. The Morgan fingerprint density at radius 1 is 1.28 bits per heavy atom. The first-order valence-corrected chi connectivity index (χ1v) is 7.99. The molecule has 3 rings (SSSR count). The summed E-state index contributed by atoms with van der Waals surface area (Å²) in [5, 5.41) is 11.0. The minimum absolute atomic E-state index is 0.168. The Labute approximate surface area is 146 Å². The second-order valence-electron chi connectivity index (χ2n) is 5.74. The summed E-state index contributed by atoms with van der Waals surface area (Å²) < 4.78 is 3.72. The van der Waals surface area contributed by atoms with E-state index in [1.54, 1.807) is 10.8 Å². The third-order valence-electron chi connectivity index (χ3n) is 3.88. The number of imidazole rings is 1. The number of hydrogen-bond donors (Lipinski definition) is 1. The first-order chi connectivity index (χ1) is 12.1. The number of nitrogens with one attached hydrogen (secondary N) is 1. The number of nitrogens with zero attached hydrogens (tertiary/aromatic N) is 5. The highest BCUT2D eigenvalue weighted by molar-refractivity contribution is 5.91. The van der Waals surface area contributed by atoms with Crippen molar-refractivity contribution in [1.29, 1.82) is 0 Å². The average Bonchev–Trinajstić information content (AvgIpc) is 3.21. The first kappa shape index (κ1) is 16.6. The normalized spacial score (nSPS) is 11.1. The van der Waals surface area contributed by atoms with Crippen LogP contribution in [0.1, 0.15) is 22.8 Å². The Kier molecular flexibility index (Phi) is 5.03. The monoisotopic (exact) mass is 336 g/mol. The van der Waals surface area contributed by atoms with Crippen molar-refractivity contribution in [2.24, 2.45) is 7.05 Å². The smallest absolute Gasteiger partial charge is 0.244 e. The van der Waals surface area contributed by atoms with Crippen LogP contribution in [0.5, 0.6) is 0 Å². The van der Waals surface area contributed by atoms with Crippen LogP contribution in [0.2, 0.25) is 0 Å². The molecule has 25 heavy (non-hydrogen) atoms. The van der Waals surface area contributed by atoms with Crippen LogP contribution in [0.15, 0.2) is 48.8 Å². The Balaban J connectivity index is 1.52. The Bertz CT molecular complexity index is 878. The number of aromatic nitrogens is 5. The van der Waals surface area contributed by atoms with E-state index < -0.39 is 0 Å². The molecule has 7 heteroatoms. The highest BCUT2D eigenvalue weighted by atomic mass is 16.1. The van der Waals surface area contributed by atoms with Gasteiger partial charge in [0.1, 0.15) is 18.1 Å². The van der Waals surface area contributed by atoms with Gasteiger partial charge in [0.25, 0.3) is 0 Å². The minimum Gasteiger partial charge on any atom is -0.347 e. The maximum atomic E-state index is 11.9. The third-order valence-corrected chi connectivity index (χ3v) is 3.88. The molecule has 0 bridgehead atoms. The van der Waals surface area contributed by atoms with Gasteiger partial charge in [0.15, 0.2) is 0 Å². The van der Waals surface area contributed by atoms with Gasteiger partial charge in [0, 0.05) is 25.0 Å². The first-order valence-electron chi connectivity index (χ1n) is 7.99. The maximum Gasteiger partial charge on any atom is 0.244 e. The van der Waals surface area contributed by atoms with Crippen molar-refractivity contribution in [2.45, 2.75) is 20.0 Å². The molecule has 2 heterocycles. The number of amides is 1. The van der Waals surface area contributed by atoms with Gasteiger partial charge in [-0.15, -0.1) is 5.10 Å². The third kappa shape index (κ3) is 4.41. The lowest BCUT2D eigenvalue weighted by Crippen LogP contribution is -2.20. The molecule has 1 amide bonds. The van der Waals surface area contributed by atoms with Crippen LogP contribution in [0, 0.1) is 6.92 Å². The molecular weight excluding hydrogens is 316 g/mol. The zero-order valence-corrected chi connectivity index (χ0v) is 14.3. The Hall–Kier alpha value is -3.22. The van der Waals surface area contributed by atoms with Crippen LogP contribution in [-0.2, 0) is 24.9 Å². The molecule has 1 aromatic carbocycles. The molecule has 0 aliphatic carbocycles. The van der Waals surface area contributed by atoms with Crippen molar-refractivity contribution >= 4 is 12.0 Å². The zero-order valence-electron chi connectivity index (χ0n) is 14.3. The summed E-state index contributed by atoms with van der Waals surface area (Å²) in [6, 6.07) is 9.67. The van der Waals surface area contributed by atoms with E-state index in [2.05, 4.69) is 20.6 Å². The molecule has 0 aliphatic heterocycles. The second kappa shape index (κ2) is 7.57. The van der Waals surface area contributed by atoms with Crippen molar-refractivity contribution in [1.82, 2.24) is 29.9 Å². The van der Waals surface area contributed by atoms with E-state index in [0.29, 0.717) is 18.8 Å². The van der Waals surface area contributed by atoms with Crippen LogP contribution >= 0.6 is 0 Å². The van der Waals surface area contributed by atoms with Crippen LogP contribution in [-0.4, -0.2) is 30.5 Å². The summed E-state index contributed by atoms with van der Waals surface area (Å²) in [5.74, 6) is 0.738. The lowest BCUT2D eigenvalue weighted by molar-refractivity contribution is -0.116. The molecule has 7 nitrogen and oxygen atoms in total. The number of aryl methyl sites for hydroxylation is 1. The van der Waals surface area contributed by atoms with Crippen LogP contribution in [0.25, 0.3) is 6.08 Å². The lowest BCUT2D eigenvalue weighted by Gasteiger charge is -2.02. The molecule has 0 radical (unpaired) electrons. The van der Waals surface area contributed by atoms with Crippen molar-refractivity contribution in [3.8, 4) is 0 Å². The number of carbonyl (C=O) groups excluding carboxylic acids is 1. The van der Waals surface area contributed by atoms with Gasteiger partial charge in [-0.3, -0.25) is 4.79 Å². The molecule has 1 N–H and O–H groups in total. The number of carbonyl (C=O) groups is 1. The van der Waals surface area contributed by atoms with Crippen molar-refractivity contribution < 1.29 is 4.79 Å². The van der Waals surface area contributed by atoms with E-state index in [1.165, 1.54) is 6.08 Å². The lowest BCUT2D eigenvalue weighted by atomic mass is 10.2. The summed E-state index contributed by atoms with van der Waals surface area (Å²) in [7, 11) is 1.97. The number of benzene rings is 1. The Morgan fingerprint density at radius 2 is 2.08 bits per heavy atom. The van der Waals surface area contributed by atoms with E-state index in [9.17, 15) is 4.79 Å². The van der Waals surface area contributed by atoms with Gasteiger partial charge >= 0.3 is 0 Å². The molecule has 0 saturated heterocycles. The number of hydrogen-bond acceptors (Lipinski definition) is 4. The maximum absolute atomic E-state index is 11.9. The van der Waals surface area contributed by atoms with Crippen molar-refractivity contribution in [3.63, 3.8) is 0 Å². The van der Waals surface area contributed by atoms with Gasteiger partial charge in [-0.2, -0.15) is 0 Å². The fourth-order valence-electron chi connectivity index (χ4n) is 2.31. The van der Waals surface area contributed by atoms with E-state index >= 15 is 0 Å². The van der Waals surface area contributed by atoms with Gasteiger partial charge in [-0.25, -0.2) is 9.67 Å². The highest BCUT2D eigenvalue weighted by Gasteiger charge is 2.07. The summed E-state index contributed by atoms with van der Waals surface area (Å²) in [6.07, 6.45) is 6.92. The molecule has 0 unspecified atom stereocenters. The molecule has 0 aliphatic rings. The Morgan fingerprint density at radius 3 is 2.80 bits per heavy atom. The van der Waals surface area contributed by atoms with Gasteiger partial charge in [0.2, 0.25) is 5.91 Å². The topological polar surface area (TPSA) is 77.6 Å². The standard InChI is InChI=1S/C18H20N6O/c1-14-10-19-17(23(14)2)13-24-12-16(21-22-24)11-20-18(25)9-8-15-6-4-3-5-7-15/h3-10,12H,11,13H2,1-2H3,(H,20,25). The molecule has 0 atom stereocenters. The summed E-state index contributed by atoms with van der Waals surface area (Å²) >= 11 is 0. The van der Waals surface area contributed by atoms with E-state index in [1.807, 2.05) is 61.3 Å². The van der Waals surface area contributed by atoms with Crippen LogP contribution in [0.4, 0.5) is 0 Å². The number of rotatable bonds is 6. The minimum atomic E-state index is -0.168. The van der Waals surface area contributed by atoms with Crippen molar-refractivity contribution in [2.75, 3.05) is 0 Å². The van der Waals surface area contributed by atoms with Gasteiger partial charge in [0.05, 0.1) is 12.7 Å². The molecule has 0 fully saturated rings. The molecule has 2 aromatic heterocycles. The summed E-state index contributed by atoms with van der Waals surface area (Å²) in [6.45, 7) is 2.87. The molecule has 0 spiro atoms. The quantitative estimate of drug-likeness (QED) is 0.695.